The van der Waals surface area contributed by atoms with E-state index in [0.717, 1.165) is 29.8 Å². The Hall–Kier alpha value is -2.84. The second-order valence-corrected chi connectivity index (χ2v) is 8.69. The topological polar surface area (TPSA) is 9.23 Å². The molecule has 3 aromatic rings. The third kappa shape index (κ3) is 6.32. The highest BCUT2D eigenvalue weighted by atomic mass is 16.5. The molecule has 0 spiro atoms. The van der Waals surface area contributed by atoms with E-state index in [2.05, 4.69) is 113 Å². The molecule has 0 heterocycles. The SMILES string of the molecule is CCC[N+](C)(C)CCOc1ccc(/C(=C(/CC)c2ccccc2)c2ccccc2)cc1. The number of ether oxygens (including phenoxy) is 1. The Kier molecular flexibility index (Phi) is 8.08. The van der Waals surface area contributed by atoms with Gasteiger partial charge in [0.1, 0.15) is 18.9 Å². The molecule has 0 bridgehead atoms. The zero-order valence-electron chi connectivity index (χ0n) is 19.5. The van der Waals surface area contributed by atoms with Crippen molar-refractivity contribution in [1.29, 1.82) is 0 Å². The molecule has 0 aliphatic rings. The minimum absolute atomic E-state index is 0.734. The van der Waals surface area contributed by atoms with Crippen LogP contribution < -0.4 is 4.74 Å². The summed E-state index contributed by atoms with van der Waals surface area (Å²) in [4.78, 5) is 0. The van der Waals surface area contributed by atoms with Crippen LogP contribution in [0.2, 0.25) is 0 Å². The van der Waals surface area contributed by atoms with E-state index in [4.69, 9.17) is 4.74 Å². The van der Waals surface area contributed by atoms with Crippen LogP contribution in [0.3, 0.4) is 0 Å². The number of hydrogen-bond acceptors (Lipinski definition) is 1. The first-order valence-electron chi connectivity index (χ1n) is 11.4. The van der Waals surface area contributed by atoms with Gasteiger partial charge in [-0.15, -0.1) is 0 Å². The number of quaternary nitrogens is 1. The molecule has 162 valence electrons. The normalized spacial score (nSPS) is 12.4. The van der Waals surface area contributed by atoms with Gasteiger partial charge in [-0.25, -0.2) is 0 Å². The Morgan fingerprint density at radius 1 is 0.677 bits per heavy atom. The highest BCUT2D eigenvalue weighted by Gasteiger charge is 2.15. The van der Waals surface area contributed by atoms with Crippen molar-refractivity contribution in [3.63, 3.8) is 0 Å². The number of nitrogens with zero attached hydrogens (tertiary/aromatic N) is 1. The maximum absolute atomic E-state index is 6.07. The molecule has 0 aliphatic heterocycles. The summed E-state index contributed by atoms with van der Waals surface area (Å²) in [5.74, 6) is 0.936. The standard InChI is InChI=1S/C29H36NO/c1-5-21-30(3,4)22-23-31-27-19-17-26(18-20-27)29(25-15-11-8-12-16-25)28(6-2)24-13-9-7-10-14-24/h7-20H,5-6,21-23H2,1-4H3/q+1/b29-28-. The van der Waals surface area contributed by atoms with Crippen molar-refractivity contribution in [2.75, 3.05) is 33.8 Å². The van der Waals surface area contributed by atoms with Crippen LogP contribution in [0, 0.1) is 0 Å². The zero-order chi connectivity index (χ0) is 22.1. The van der Waals surface area contributed by atoms with Gasteiger partial charge in [0.05, 0.1) is 20.6 Å². The first-order chi connectivity index (χ1) is 15.0. The van der Waals surface area contributed by atoms with Crippen LogP contribution in [0.25, 0.3) is 11.1 Å². The summed E-state index contributed by atoms with van der Waals surface area (Å²) in [7, 11) is 4.53. The molecule has 0 amide bonds. The predicted octanol–water partition coefficient (Wildman–Crippen LogP) is 6.92. The number of hydrogen-bond donors (Lipinski definition) is 0. The van der Waals surface area contributed by atoms with Crippen LogP contribution in [0.5, 0.6) is 5.75 Å². The monoisotopic (exact) mass is 414 g/mol. The van der Waals surface area contributed by atoms with E-state index in [-0.39, 0.29) is 0 Å². The van der Waals surface area contributed by atoms with Gasteiger partial charge in [-0.3, -0.25) is 0 Å². The van der Waals surface area contributed by atoms with E-state index < -0.39 is 0 Å². The molecule has 0 saturated carbocycles. The first kappa shape index (κ1) is 22.8. The van der Waals surface area contributed by atoms with E-state index in [9.17, 15) is 0 Å². The van der Waals surface area contributed by atoms with Crippen molar-refractivity contribution in [3.05, 3.63) is 102 Å². The first-order valence-corrected chi connectivity index (χ1v) is 11.4. The summed E-state index contributed by atoms with van der Waals surface area (Å²) in [6, 6.07) is 30.0. The number of rotatable bonds is 10. The van der Waals surface area contributed by atoms with Crippen molar-refractivity contribution in [1.82, 2.24) is 0 Å². The van der Waals surface area contributed by atoms with Crippen LogP contribution in [0.1, 0.15) is 43.4 Å². The summed E-state index contributed by atoms with van der Waals surface area (Å²) in [6.07, 6.45) is 2.16. The summed E-state index contributed by atoms with van der Waals surface area (Å²) in [5, 5.41) is 0. The van der Waals surface area contributed by atoms with Gasteiger partial charge in [0.15, 0.2) is 0 Å². The Labute approximate surface area is 188 Å². The van der Waals surface area contributed by atoms with Crippen LogP contribution >= 0.6 is 0 Å². The summed E-state index contributed by atoms with van der Waals surface area (Å²) in [6.45, 7) is 7.39. The van der Waals surface area contributed by atoms with Crippen molar-refractivity contribution in [2.24, 2.45) is 0 Å². The van der Waals surface area contributed by atoms with E-state index >= 15 is 0 Å². The molecule has 0 unspecified atom stereocenters. The van der Waals surface area contributed by atoms with Crippen molar-refractivity contribution in [2.45, 2.75) is 26.7 Å². The number of likely N-dealkylation sites (N-methyl/N-ethyl adjacent to an activating group) is 1. The molecule has 0 radical (unpaired) electrons. The molecular formula is C29H36NO+. The van der Waals surface area contributed by atoms with Crippen molar-refractivity contribution >= 4 is 11.1 Å². The van der Waals surface area contributed by atoms with E-state index in [0.29, 0.717) is 0 Å². The van der Waals surface area contributed by atoms with Gasteiger partial charge >= 0.3 is 0 Å². The fourth-order valence-electron chi connectivity index (χ4n) is 4.13. The fraction of sp³-hybridized carbons (Fsp3) is 0.310. The van der Waals surface area contributed by atoms with E-state index in [1.165, 1.54) is 40.8 Å². The second-order valence-electron chi connectivity index (χ2n) is 8.69. The molecule has 3 aromatic carbocycles. The summed E-state index contributed by atoms with van der Waals surface area (Å²) < 4.78 is 7.06. The lowest BCUT2D eigenvalue weighted by molar-refractivity contribution is -0.890. The van der Waals surface area contributed by atoms with E-state index in [1.807, 2.05) is 0 Å². The van der Waals surface area contributed by atoms with Gasteiger partial charge in [-0.05, 0) is 52.8 Å². The number of benzene rings is 3. The molecule has 0 fully saturated rings. The molecule has 0 aromatic heterocycles. The zero-order valence-corrected chi connectivity index (χ0v) is 19.5. The molecular weight excluding hydrogens is 378 g/mol. The van der Waals surface area contributed by atoms with Crippen LogP contribution in [0.15, 0.2) is 84.9 Å². The number of allylic oxidation sites excluding steroid dienone is 1. The maximum Gasteiger partial charge on any atom is 0.137 e. The molecule has 3 rings (SSSR count). The predicted molar refractivity (Wildman–Crippen MR) is 133 cm³/mol. The Bertz CT molecular complexity index is 957. The Morgan fingerprint density at radius 3 is 1.77 bits per heavy atom. The van der Waals surface area contributed by atoms with E-state index in [1.54, 1.807) is 0 Å². The molecule has 0 N–H and O–H groups in total. The van der Waals surface area contributed by atoms with Gasteiger partial charge in [0.2, 0.25) is 0 Å². The lowest BCUT2D eigenvalue weighted by Gasteiger charge is -2.29. The van der Waals surface area contributed by atoms with Gasteiger partial charge in [0.25, 0.3) is 0 Å². The highest BCUT2D eigenvalue weighted by Crippen LogP contribution is 2.34. The van der Waals surface area contributed by atoms with Crippen molar-refractivity contribution in [3.8, 4) is 5.75 Å². The Balaban J connectivity index is 1.88. The van der Waals surface area contributed by atoms with Crippen molar-refractivity contribution < 1.29 is 9.22 Å². The lowest BCUT2D eigenvalue weighted by atomic mass is 9.88. The lowest BCUT2D eigenvalue weighted by Crippen LogP contribution is -2.43. The minimum atomic E-state index is 0.734. The van der Waals surface area contributed by atoms with Gasteiger partial charge in [-0.2, -0.15) is 0 Å². The summed E-state index contributed by atoms with van der Waals surface area (Å²) in [5.41, 5.74) is 6.40. The van der Waals surface area contributed by atoms with Gasteiger partial charge in [0, 0.05) is 0 Å². The molecule has 2 heteroatoms. The van der Waals surface area contributed by atoms with Gasteiger partial charge in [-0.1, -0.05) is 86.6 Å². The minimum Gasteiger partial charge on any atom is -0.488 e. The molecule has 31 heavy (non-hydrogen) atoms. The maximum atomic E-state index is 6.07. The fourth-order valence-corrected chi connectivity index (χ4v) is 4.13. The average molecular weight is 415 g/mol. The second kappa shape index (κ2) is 11.0. The molecule has 0 atom stereocenters. The third-order valence-electron chi connectivity index (χ3n) is 5.78. The quantitative estimate of drug-likeness (QED) is 0.258. The smallest absolute Gasteiger partial charge is 0.137 e. The van der Waals surface area contributed by atoms with Crippen LogP contribution in [-0.2, 0) is 0 Å². The largest absolute Gasteiger partial charge is 0.488 e. The van der Waals surface area contributed by atoms with Gasteiger partial charge < -0.3 is 9.22 Å². The average Bonchev–Trinajstić information content (AvgIpc) is 2.79. The van der Waals surface area contributed by atoms with Crippen LogP contribution in [0.4, 0.5) is 0 Å². The third-order valence-corrected chi connectivity index (χ3v) is 5.78. The highest BCUT2D eigenvalue weighted by molar-refractivity contribution is 5.98. The van der Waals surface area contributed by atoms with Crippen LogP contribution in [-0.4, -0.2) is 38.3 Å². The molecule has 2 nitrogen and oxygen atoms in total. The molecule has 0 aliphatic carbocycles. The molecule has 0 saturated heterocycles. The summed E-state index contributed by atoms with van der Waals surface area (Å²) >= 11 is 0. The Morgan fingerprint density at radius 2 is 1.23 bits per heavy atom.